The maximum atomic E-state index is 10.7. The molecule has 0 radical (unpaired) electrons. The Morgan fingerprint density at radius 3 is 2.73 bits per heavy atom. The highest BCUT2D eigenvalue weighted by atomic mass is 35.5. The number of rotatable bonds is 3. The Kier molecular flexibility index (Phi) is 3.19. The first-order chi connectivity index (χ1) is 7.16. The Labute approximate surface area is 96.4 Å². The van der Waals surface area contributed by atoms with Gasteiger partial charge in [-0.2, -0.15) is 0 Å². The summed E-state index contributed by atoms with van der Waals surface area (Å²) >= 11 is 7.60. The summed E-state index contributed by atoms with van der Waals surface area (Å²) in [6, 6.07) is 4.79. The Balaban J connectivity index is 2.14. The Morgan fingerprint density at radius 2 is 2.27 bits per heavy atom. The third-order valence-corrected chi connectivity index (χ3v) is 3.72. The topological polar surface area (TPSA) is 46.5 Å². The lowest BCUT2D eigenvalue weighted by atomic mass is 10.2. The highest BCUT2D eigenvalue weighted by Crippen LogP contribution is 2.33. The van der Waals surface area contributed by atoms with Crippen LogP contribution in [0.2, 0.25) is 5.02 Å². The van der Waals surface area contributed by atoms with Crippen LogP contribution < -0.4 is 0 Å². The predicted molar refractivity (Wildman–Crippen MR) is 58.9 cm³/mol. The van der Waals surface area contributed by atoms with Crippen molar-refractivity contribution in [1.82, 2.24) is 0 Å². The Hall–Kier alpha value is -0.710. The number of carbonyl (C=O) groups is 1. The number of thioether (sulfide) groups is 1. The van der Waals surface area contributed by atoms with Gasteiger partial charge in [-0.3, -0.25) is 0 Å². The van der Waals surface area contributed by atoms with Crippen LogP contribution in [0.5, 0.6) is 0 Å². The lowest BCUT2D eigenvalue weighted by molar-refractivity contribution is 0.0455. The molecule has 0 saturated carbocycles. The standard InChI is InChI=1S/C10H9ClO3S/c11-8-3-6(10(12)13)1-2-9(8)15-7-4-14-5-7/h1-3,7H,4-5H2,(H,12,13). The van der Waals surface area contributed by atoms with E-state index in [9.17, 15) is 4.79 Å². The summed E-state index contributed by atoms with van der Waals surface area (Å²) in [6.45, 7) is 1.48. The van der Waals surface area contributed by atoms with Crippen LogP contribution in [-0.4, -0.2) is 29.5 Å². The molecule has 1 fully saturated rings. The molecular weight excluding hydrogens is 236 g/mol. The fourth-order valence-corrected chi connectivity index (χ4v) is 2.51. The van der Waals surface area contributed by atoms with E-state index >= 15 is 0 Å². The highest BCUT2D eigenvalue weighted by Gasteiger charge is 2.20. The minimum Gasteiger partial charge on any atom is -0.478 e. The molecule has 0 aromatic heterocycles. The molecule has 0 amide bonds. The van der Waals surface area contributed by atoms with E-state index in [1.54, 1.807) is 23.9 Å². The monoisotopic (exact) mass is 244 g/mol. The number of carboxylic acids is 1. The molecule has 1 aromatic carbocycles. The van der Waals surface area contributed by atoms with E-state index in [4.69, 9.17) is 21.4 Å². The summed E-state index contributed by atoms with van der Waals surface area (Å²) in [6.07, 6.45) is 0. The van der Waals surface area contributed by atoms with E-state index in [0.29, 0.717) is 10.3 Å². The third-order valence-electron chi connectivity index (χ3n) is 2.08. The van der Waals surface area contributed by atoms with Gasteiger partial charge in [0.1, 0.15) is 0 Å². The van der Waals surface area contributed by atoms with Crippen LogP contribution in [0.3, 0.4) is 0 Å². The van der Waals surface area contributed by atoms with Crippen LogP contribution in [0.1, 0.15) is 10.4 Å². The molecule has 0 atom stereocenters. The highest BCUT2D eigenvalue weighted by molar-refractivity contribution is 8.00. The summed E-state index contributed by atoms with van der Waals surface area (Å²) in [5.41, 5.74) is 0.217. The molecule has 1 N–H and O–H groups in total. The lowest BCUT2D eigenvalue weighted by Gasteiger charge is -2.25. The fraction of sp³-hybridized carbons (Fsp3) is 0.300. The zero-order chi connectivity index (χ0) is 10.8. The number of aromatic carboxylic acids is 1. The largest absolute Gasteiger partial charge is 0.478 e. The van der Waals surface area contributed by atoms with Gasteiger partial charge in [0.2, 0.25) is 0 Å². The predicted octanol–water partition coefficient (Wildman–Crippen LogP) is 2.53. The number of halogens is 1. The zero-order valence-corrected chi connectivity index (χ0v) is 9.35. The molecule has 15 heavy (non-hydrogen) atoms. The van der Waals surface area contributed by atoms with E-state index in [1.165, 1.54) is 6.07 Å². The minimum absolute atomic E-state index is 0.217. The zero-order valence-electron chi connectivity index (χ0n) is 7.77. The summed E-state index contributed by atoms with van der Waals surface area (Å²) < 4.78 is 5.05. The molecular formula is C10H9ClO3S. The molecule has 0 spiro atoms. The lowest BCUT2D eigenvalue weighted by Crippen LogP contribution is -2.30. The van der Waals surface area contributed by atoms with E-state index in [1.807, 2.05) is 0 Å². The molecule has 0 unspecified atom stereocenters. The Bertz CT molecular complexity index is 390. The van der Waals surface area contributed by atoms with Crippen molar-refractivity contribution in [2.45, 2.75) is 10.1 Å². The summed E-state index contributed by atoms with van der Waals surface area (Å²) in [4.78, 5) is 11.6. The molecule has 1 heterocycles. The molecule has 1 aromatic rings. The van der Waals surface area contributed by atoms with Crippen LogP contribution >= 0.6 is 23.4 Å². The summed E-state index contributed by atoms with van der Waals surface area (Å²) in [7, 11) is 0. The number of hydrogen-bond donors (Lipinski definition) is 1. The van der Waals surface area contributed by atoms with E-state index < -0.39 is 5.97 Å². The van der Waals surface area contributed by atoms with Gasteiger partial charge in [-0.1, -0.05) is 11.6 Å². The van der Waals surface area contributed by atoms with Gasteiger partial charge in [0, 0.05) is 4.90 Å². The Morgan fingerprint density at radius 1 is 1.53 bits per heavy atom. The van der Waals surface area contributed by atoms with Crippen LogP contribution in [0.15, 0.2) is 23.1 Å². The molecule has 0 bridgehead atoms. The van der Waals surface area contributed by atoms with Gasteiger partial charge in [-0.25, -0.2) is 4.79 Å². The first-order valence-electron chi connectivity index (χ1n) is 4.44. The first-order valence-corrected chi connectivity index (χ1v) is 5.70. The quantitative estimate of drug-likeness (QED) is 0.888. The van der Waals surface area contributed by atoms with Crippen molar-refractivity contribution in [2.75, 3.05) is 13.2 Å². The van der Waals surface area contributed by atoms with Crippen LogP contribution in [0.25, 0.3) is 0 Å². The second-order valence-electron chi connectivity index (χ2n) is 3.23. The van der Waals surface area contributed by atoms with Gasteiger partial charge < -0.3 is 9.84 Å². The number of carboxylic acid groups (broad SMARTS) is 1. The number of hydrogen-bond acceptors (Lipinski definition) is 3. The number of benzene rings is 1. The maximum absolute atomic E-state index is 10.7. The molecule has 1 saturated heterocycles. The minimum atomic E-state index is -0.958. The van der Waals surface area contributed by atoms with Gasteiger partial charge in [0.05, 0.1) is 29.0 Å². The second-order valence-corrected chi connectivity index (χ2v) is 4.98. The SMILES string of the molecule is O=C(O)c1ccc(SC2COC2)c(Cl)c1. The van der Waals surface area contributed by atoms with Crippen LogP contribution in [-0.2, 0) is 4.74 Å². The van der Waals surface area contributed by atoms with Crippen LogP contribution in [0.4, 0.5) is 0 Å². The molecule has 5 heteroatoms. The molecule has 0 aliphatic carbocycles. The molecule has 80 valence electrons. The van der Waals surface area contributed by atoms with Crippen molar-refractivity contribution < 1.29 is 14.6 Å². The summed E-state index contributed by atoms with van der Waals surface area (Å²) in [5.74, 6) is -0.958. The van der Waals surface area contributed by atoms with E-state index in [2.05, 4.69) is 0 Å². The van der Waals surface area contributed by atoms with E-state index in [0.717, 1.165) is 18.1 Å². The molecule has 3 nitrogen and oxygen atoms in total. The van der Waals surface area contributed by atoms with Gasteiger partial charge in [0.15, 0.2) is 0 Å². The average molecular weight is 245 g/mol. The fourth-order valence-electron chi connectivity index (χ4n) is 1.19. The molecule has 1 aliphatic heterocycles. The normalized spacial score (nSPS) is 16.1. The van der Waals surface area contributed by atoms with Gasteiger partial charge in [0.25, 0.3) is 0 Å². The smallest absolute Gasteiger partial charge is 0.335 e. The van der Waals surface area contributed by atoms with Crippen molar-refractivity contribution in [3.05, 3.63) is 28.8 Å². The van der Waals surface area contributed by atoms with Gasteiger partial charge in [-0.05, 0) is 18.2 Å². The molecule has 2 rings (SSSR count). The van der Waals surface area contributed by atoms with Gasteiger partial charge >= 0.3 is 5.97 Å². The van der Waals surface area contributed by atoms with Crippen LogP contribution in [0, 0.1) is 0 Å². The first kappa shape index (κ1) is 10.8. The maximum Gasteiger partial charge on any atom is 0.335 e. The van der Waals surface area contributed by atoms with Crippen molar-refractivity contribution in [3.63, 3.8) is 0 Å². The second kappa shape index (κ2) is 4.43. The summed E-state index contributed by atoms with van der Waals surface area (Å²) in [5, 5.41) is 9.69. The average Bonchev–Trinajstić information content (AvgIpc) is 2.12. The van der Waals surface area contributed by atoms with Crippen molar-refractivity contribution in [1.29, 1.82) is 0 Å². The van der Waals surface area contributed by atoms with Crippen molar-refractivity contribution in [3.8, 4) is 0 Å². The number of ether oxygens (including phenoxy) is 1. The van der Waals surface area contributed by atoms with Gasteiger partial charge in [-0.15, -0.1) is 11.8 Å². The third kappa shape index (κ3) is 2.45. The van der Waals surface area contributed by atoms with E-state index in [-0.39, 0.29) is 5.56 Å². The van der Waals surface area contributed by atoms with Crippen molar-refractivity contribution in [2.24, 2.45) is 0 Å². The molecule has 1 aliphatic rings. The van der Waals surface area contributed by atoms with Crippen molar-refractivity contribution >= 4 is 29.3 Å².